The van der Waals surface area contributed by atoms with Crippen LogP contribution < -0.4 is 14.4 Å². The van der Waals surface area contributed by atoms with E-state index in [2.05, 4.69) is 0 Å². The summed E-state index contributed by atoms with van der Waals surface area (Å²) >= 11 is 0. The highest BCUT2D eigenvalue weighted by Gasteiger charge is 2.26. The van der Waals surface area contributed by atoms with E-state index in [0.29, 0.717) is 13.2 Å². The second kappa shape index (κ2) is 5.11. The summed E-state index contributed by atoms with van der Waals surface area (Å²) in [4.78, 5) is 14.1. The van der Waals surface area contributed by atoms with Crippen LogP contribution in [-0.4, -0.2) is 26.2 Å². The fourth-order valence-corrected chi connectivity index (χ4v) is 2.81. The number of anilines is 1. The normalized spacial score (nSPS) is 18.4. The average molecular weight is 261 g/mol. The van der Waals surface area contributed by atoms with Gasteiger partial charge in [0.2, 0.25) is 5.91 Å². The van der Waals surface area contributed by atoms with Crippen molar-refractivity contribution in [3.05, 3.63) is 18.2 Å². The van der Waals surface area contributed by atoms with E-state index < -0.39 is 0 Å². The first kappa shape index (κ1) is 12.3. The molecule has 0 spiro atoms. The molecule has 102 valence electrons. The molecule has 0 atom stereocenters. The van der Waals surface area contributed by atoms with E-state index in [1.54, 1.807) is 4.90 Å². The van der Waals surface area contributed by atoms with E-state index >= 15 is 0 Å². The summed E-state index contributed by atoms with van der Waals surface area (Å²) in [5, 5.41) is 0. The molecular weight excluding hydrogens is 242 g/mol. The van der Waals surface area contributed by atoms with E-state index in [1.807, 2.05) is 25.2 Å². The molecule has 0 radical (unpaired) electrons. The molecule has 1 aliphatic carbocycles. The highest BCUT2D eigenvalue weighted by Crippen LogP contribution is 2.35. The summed E-state index contributed by atoms with van der Waals surface area (Å²) in [6.45, 7) is 1.15. The van der Waals surface area contributed by atoms with Crippen LogP contribution in [0.5, 0.6) is 11.5 Å². The summed E-state index contributed by atoms with van der Waals surface area (Å²) < 4.78 is 11.0. The number of nitrogens with zero attached hydrogens (tertiary/aromatic N) is 1. The highest BCUT2D eigenvalue weighted by molar-refractivity contribution is 5.95. The number of rotatable bonds is 2. The van der Waals surface area contributed by atoms with Crippen molar-refractivity contribution in [2.45, 2.75) is 25.7 Å². The van der Waals surface area contributed by atoms with Crippen molar-refractivity contribution in [3.63, 3.8) is 0 Å². The molecule has 1 aromatic rings. The number of fused-ring (bicyclic) bond motifs is 1. The Morgan fingerprint density at radius 3 is 2.58 bits per heavy atom. The van der Waals surface area contributed by atoms with Crippen LogP contribution in [0.15, 0.2) is 18.2 Å². The number of hydrogen-bond donors (Lipinski definition) is 0. The van der Waals surface area contributed by atoms with E-state index in [9.17, 15) is 4.79 Å². The number of amides is 1. The molecule has 0 aromatic heterocycles. The molecule has 1 aliphatic heterocycles. The summed E-state index contributed by atoms with van der Waals surface area (Å²) in [6.07, 6.45) is 4.39. The molecule has 1 heterocycles. The minimum atomic E-state index is 0.193. The van der Waals surface area contributed by atoms with Gasteiger partial charge in [0.05, 0.1) is 0 Å². The number of hydrogen-bond acceptors (Lipinski definition) is 3. The Hall–Kier alpha value is -1.71. The van der Waals surface area contributed by atoms with Crippen LogP contribution in [0, 0.1) is 5.92 Å². The Kier molecular flexibility index (Phi) is 3.32. The van der Waals surface area contributed by atoms with Gasteiger partial charge in [-0.05, 0) is 25.0 Å². The first-order chi connectivity index (χ1) is 9.25. The second-order valence-electron chi connectivity index (χ2n) is 5.21. The summed E-state index contributed by atoms with van der Waals surface area (Å²) in [5.74, 6) is 1.90. The Bertz CT molecular complexity index is 480. The van der Waals surface area contributed by atoms with Gasteiger partial charge in [-0.1, -0.05) is 12.8 Å². The van der Waals surface area contributed by atoms with Gasteiger partial charge in [-0.25, -0.2) is 0 Å². The zero-order valence-electron chi connectivity index (χ0n) is 11.2. The van der Waals surface area contributed by atoms with Gasteiger partial charge in [0.1, 0.15) is 13.2 Å². The van der Waals surface area contributed by atoms with Crippen LogP contribution in [0.3, 0.4) is 0 Å². The van der Waals surface area contributed by atoms with E-state index in [0.717, 1.165) is 30.0 Å². The Morgan fingerprint density at radius 1 is 1.16 bits per heavy atom. The first-order valence-corrected chi connectivity index (χ1v) is 6.93. The standard InChI is InChI=1S/C15H19NO3/c1-16(15(17)11-4-2-3-5-11)12-6-7-13-14(10-12)19-9-8-18-13/h6-7,10-11H,2-5,8-9H2,1H3. The van der Waals surface area contributed by atoms with Gasteiger partial charge in [0.25, 0.3) is 0 Å². The third kappa shape index (κ3) is 2.39. The minimum absolute atomic E-state index is 0.193. The molecule has 4 nitrogen and oxygen atoms in total. The van der Waals surface area contributed by atoms with Crippen LogP contribution in [0.25, 0.3) is 0 Å². The quantitative estimate of drug-likeness (QED) is 0.821. The number of carbonyl (C=O) groups excluding carboxylic acids is 1. The van der Waals surface area contributed by atoms with Crippen molar-refractivity contribution in [1.29, 1.82) is 0 Å². The maximum Gasteiger partial charge on any atom is 0.229 e. The number of benzene rings is 1. The molecule has 1 amide bonds. The summed E-state index contributed by atoms with van der Waals surface area (Å²) in [5.41, 5.74) is 0.876. The third-order valence-electron chi connectivity index (χ3n) is 3.95. The van der Waals surface area contributed by atoms with Crippen molar-refractivity contribution in [3.8, 4) is 11.5 Å². The molecule has 1 aromatic carbocycles. The Labute approximate surface area is 113 Å². The first-order valence-electron chi connectivity index (χ1n) is 6.93. The van der Waals surface area contributed by atoms with Crippen molar-refractivity contribution in [2.24, 2.45) is 5.92 Å². The molecule has 0 saturated heterocycles. The van der Waals surface area contributed by atoms with Crippen molar-refractivity contribution >= 4 is 11.6 Å². The average Bonchev–Trinajstić information content (AvgIpc) is 2.99. The van der Waals surface area contributed by atoms with Gasteiger partial charge in [0, 0.05) is 24.7 Å². The maximum absolute atomic E-state index is 12.4. The lowest BCUT2D eigenvalue weighted by atomic mass is 10.1. The van der Waals surface area contributed by atoms with Crippen LogP contribution >= 0.6 is 0 Å². The predicted octanol–water partition coefficient (Wildman–Crippen LogP) is 2.61. The SMILES string of the molecule is CN(C(=O)C1CCCC1)c1ccc2c(c1)OCCO2. The molecule has 1 fully saturated rings. The molecule has 0 N–H and O–H groups in total. The monoisotopic (exact) mass is 261 g/mol. The van der Waals surface area contributed by atoms with E-state index in [-0.39, 0.29) is 11.8 Å². The van der Waals surface area contributed by atoms with Crippen molar-refractivity contribution in [2.75, 3.05) is 25.2 Å². The smallest absolute Gasteiger partial charge is 0.229 e. The molecule has 0 unspecified atom stereocenters. The summed E-state index contributed by atoms with van der Waals surface area (Å²) in [6, 6.07) is 5.68. The minimum Gasteiger partial charge on any atom is -0.486 e. The van der Waals surface area contributed by atoms with Gasteiger partial charge in [-0.3, -0.25) is 4.79 Å². The highest BCUT2D eigenvalue weighted by atomic mass is 16.6. The van der Waals surface area contributed by atoms with Crippen molar-refractivity contribution < 1.29 is 14.3 Å². The zero-order chi connectivity index (χ0) is 13.2. The lowest BCUT2D eigenvalue weighted by Crippen LogP contribution is -2.31. The zero-order valence-corrected chi connectivity index (χ0v) is 11.2. The van der Waals surface area contributed by atoms with Crippen LogP contribution in [0.2, 0.25) is 0 Å². The largest absolute Gasteiger partial charge is 0.486 e. The van der Waals surface area contributed by atoms with Crippen LogP contribution in [0.1, 0.15) is 25.7 Å². The Balaban J connectivity index is 1.79. The molecule has 19 heavy (non-hydrogen) atoms. The molecule has 4 heteroatoms. The van der Waals surface area contributed by atoms with E-state index in [4.69, 9.17) is 9.47 Å². The number of ether oxygens (including phenoxy) is 2. The molecule has 0 bridgehead atoms. The number of carbonyl (C=O) groups is 1. The van der Waals surface area contributed by atoms with Crippen molar-refractivity contribution in [1.82, 2.24) is 0 Å². The van der Waals surface area contributed by atoms with Gasteiger partial charge in [-0.2, -0.15) is 0 Å². The third-order valence-corrected chi connectivity index (χ3v) is 3.95. The van der Waals surface area contributed by atoms with Crippen LogP contribution in [0.4, 0.5) is 5.69 Å². The lowest BCUT2D eigenvalue weighted by Gasteiger charge is -2.24. The van der Waals surface area contributed by atoms with Gasteiger partial charge in [-0.15, -0.1) is 0 Å². The lowest BCUT2D eigenvalue weighted by molar-refractivity contribution is -0.121. The second-order valence-corrected chi connectivity index (χ2v) is 5.21. The van der Waals surface area contributed by atoms with Gasteiger partial charge >= 0.3 is 0 Å². The Morgan fingerprint density at radius 2 is 1.84 bits per heavy atom. The summed E-state index contributed by atoms with van der Waals surface area (Å²) in [7, 11) is 1.84. The topological polar surface area (TPSA) is 38.8 Å². The van der Waals surface area contributed by atoms with Gasteiger partial charge < -0.3 is 14.4 Å². The molecule has 3 rings (SSSR count). The maximum atomic E-state index is 12.4. The fraction of sp³-hybridized carbons (Fsp3) is 0.533. The predicted molar refractivity (Wildman–Crippen MR) is 72.8 cm³/mol. The molecule has 2 aliphatic rings. The van der Waals surface area contributed by atoms with Gasteiger partial charge in [0.15, 0.2) is 11.5 Å². The van der Waals surface area contributed by atoms with Crippen LogP contribution in [-0.2, 0) is 4.79 Å². The van der Waals surface area contributed by atoms with E-state index in [1.165, 1.54) is 12.8 Å². The molecular formula is C15H19NO3. The fourth-order valence-electron chi connectivity index (χ4n) is 2.81. The molecule has 1 saturated carbocycles.